The molecule has 4 fully saturated rings. The van der Waals surface area contributed by atoms with Crippen molar-refractivity contribution >= 4 is 0 Å². The largest absolute Gasteiger partial charge is 0.395 e. The highest BCUT2D eigenvalue weighted by Gasteiger charge is 2.64. The molecule has 0 heterocycles. The van der Waals surface area contributed by atoms with Crippen LogP contribution in [0.2, 0.25) is 0 Å². The summed E-state index contributed by atoms with van der Waals surface area (Å²) in [6.45, 7) is 6.41. The van der Waals surface area contributed by atoms with Gasteiger partial charge in [-0.1, -0.05) is 26.7 Å². The molecule has 0 aromatic heterocycles. The van der Waals surface area contributed by atoms with Crippen LogP contribution in [0, 0.1) is 34.5 Å². The van der Waals surface area contributed by atoms with Gasteiger partial charge in [-0.3, -0.25) is 0 Å². The normalized spacial score (nSPS) is 52.3. The van der Waals surface area contributed by atoms with Crippen molar-refractivity contribution in [2.24, 2.45) is 34.5 Å². The molecule has 0 radical (unpaired) electrons. The van der Waals surface area contributed by atoms with Crippen LogP contribution in [0.4, 0.5) is 0 Å². The minimum absolute atomic E-state index is 0.0640. The summed E-state index contributed by atoms with van der Waals surface area (Å²) >= 11 is 0. The fourth-order valence-electron chi connectivity index (χ4n) is 8.07. The first-order valence-electron chi connectivity index (χ1n) is 11.0. The fourth-order valence-corrected chi connectivity index (χ4v) is 8.07. The summed E-state index contributed by atoms with van der Waals surface area (Å²) in [5.41, 5.74) is 0.0644. The van der Waals surface area contributed by atoms with Crippen LogP contribution >= 0.6 is 0 Å². The third-order valence-corrected chi connectivity index (χ3v) is 9.61. The quantitative estimate of drug-likeness (QED) is 0.678. The topological polar surface area (TPSA) is 52.5 Å². The lowest BCUT2D eigenvalue weighted by Crippen LogP contribution is -2.58. The Morgan fingerprint density at radius 2 is 1.72 bits per heavy atom. The van der Waals surface area contributed by atoms with Gasteiger partial charge in [0, 0.05) is 18.5 Å². The number of aliphatic hydroxyl groups excluding tert-OH is 1. The van der Waals surface area contributed by atoms with Crippen molar-refractivity contribution in [3.63, 3.8) is 0 Å². The van der Waals surface area contributed by atoms with E-state index in [0.717, 1.165) is 24.2 Å². The molecule has 3 heteroatoms. The van der Waals surface area contributed by atoms with Crippen molar-refractivity contribution in [1.29, 1.82) is 0 Å². The zero-order chi connectivity index (χ0) is 17.7. The van der Waals surface area contributed by atoms with Crippen LogP contribution < -0.4 is 5.32 Å². The number of hydrogen-bond acceptors (Lipinski definition) is 3. The SMILES string of the molecule is C[C@]12CCCC[C@@H]1CC[C@H]1[C@H]3CC[C@@](O)(CNCCO)[C@@]3(C)CC[C@@H]12. The lowest BCUT2D eigenvalue weighted by Gasteiger charge is -2.61. The average molecular weight is 350 g/mol. The van der Waals surface area contributed by atoms with Gasteiger partial charge in [-0.25, -0.2) is 0 Å². The molecule has 7 atom stereocenters. The van der Waals surface area contributed by atoms with E-state index >= 15 is 0 Å². The predicted octanol–water partition coefficient (Wildman–Crippen LogP) is 3.73. The van der Waals surface area contributed by atoms with Crippen LogP contribution in [0.15, 0.2) is 0 Å². The second-order valence-electron chi connectivity index (χ2n) is 10.3. The molecule has 0 saturated heterocycles. The Morgan fingerprint density at radius 3 is 2.52 bits per heavy atom. The summed E-state index contributed by atoms with van der Waals surface area (Å²) in [6, 6.07) is 0. The highest BCUT2D eigenvalue weighted by molar-refractivity contribution is 5.14. The van der Waals surface area contributed by atoms with Crippen molar-refractivity contribution < 1.29 is 10.2 Å². The molecule has 0 bridgehead atoms. The molecular weight excluding hydrogens is 310 g/mol. The second kappa shape index (κ2) is 6.49. The van der Waals surface area contributed by atoms with Crippen molar-refractivity contribution in [2.75, 3.05) is 19.7 Å². The summed E-state index contributed by atoms with van der Waals surface area (Å²) in [5.74, 6) is 3.41. The van der Waals surface area contributed by atoms with E-state index in [4.69, 9.17) is 5.11 Å². The van der Waals surface area contributed by atoms with E-state index in [0.29, 0.717) is 24.4 Å². The van der Waals surface area contributed by atoms with Crippen molar-refractivity contribution in [2.45, 2.75) is 83.7 Å². The van der Waals surface area contributed by atoms with E-state index in [1.807, 2.05) is 0 Å². The zero-order valence-electron chi connectivity index (χ0n) is 16.4. The molecule has 4 saturated carbocycles. The van der Waals surface area contributed by atoms with Gasteiger partial charge in [-0.15, -0.1) is 0 Å². The molecular formula is C22H39NO2. The van der Waals surface area contributed by atoms with Gasteiger partial charge in [-0.05, 0) is 80.5 Å². The van der Waals surface area contributed by atoms with Crippen LogP contribution in [-0.2, 0) is 0 Å². The Labute approximate surface area is 154 Å². The van der Waals surface area contributed by atoms with Crippen LogP contribution in [0.1, 0.15) is 78.1 Å². The Hall–Kier alpha value is -0.120. The van der Waals surface area contributed by atoms with Crippen molar-refractivity contribution in [3.05, 3.63) is 0 Å². The maximum Gasteiger partial charge on any atom is 0.0827 e. The molecule has 0 aromatic rings. The maximum atomic E-state index is 11.5. The molecule has 4 aliphatic rings. The van der Waals surface area contributed by atoms with Gasteiger partial charge in [0.1, 0.15) is 0 Å². The minimum atomic E-state index is -0.581. The van der Waals surface area contributed by atoms with Gasteiger partial charge < -0.3 is 15.5 Å². The van der Waals surface area contributed by atoms with Gasteiger partial charge in [0.25, 0.3) is 0 Å². The van der Waals surface area contributed by atoms with Gasteiger partial charge in [0.05, 0.1) is 12.2 Å². The summed E-state index contributed by atoms with van der Waals surface area (Å²) in [6.07, 6.45) is 13.3. The Balaban J connectivity index is 1.55. The summed E-state index contributed by atoms with van der Waals surface area (Å²) in [5, 5.41) is 23.9. The van der Waals surface area contributed by atoms with Crippen molar-refractivity contribution in [1.82, 2.24) is 5.32 Å². The molecule has 0 spiro atoms. The Morgan fingerprint density at radius 1 is 0.920 bits per heavy atom. The Bertz CT molecular complexity index is 496. The number of fused-ring (bicyclic) bond motifs is 5. The molecule has 4 aliphatic carbocycles. The maximum absolute atomic E-state index is 11.5. The lowest BCUT2D eigenvalue weighted by atomic mass is 9.44. The monoisotopic (exact) mass is 349 g/mol. The van der Waals surface area contributed by atoms with Gasteiger partial charge in [0.15, 0.2) is 0 Å². The average Bonchev–Trinajstić information content (AvgIpc) is 2.86. The standard InChI is InChI=1S/C22H39NO2/c1-20-10-4-3-5-16(20)6-7-17-18(20)8-11-21(2)19(17)9-12-22(21,25)15-23-13-14-24/h16-19,23-25H,3-15H2,1-2H3/t16-,17-,18+,19-,20+,21+,22-/m1/s1. The minimum Gasteiger partial charge on any atom is -0.395 e. The van der Waals surface area contributed by atoms with Crippen LogP contribution in [-0.4, -0.2) is 35.5 Å². The molecule has 0 unspecified atom stereocenters. The summed E-state index contributed by atoms with van der Waals surface area (Å²) < 4.78 is 0. The summed E-state index contributed by atoms with van der Waals surface area (Å²) in [4.78, 5) is 0. The highest BCUT2D eigenvalue weighted by atomic mass is 16.3. The smallest absolute Gasteiger partial charge is 0.0827 e. The first-order chi connectivity index (χ1) is 11.9. The van der Waals surface area contributed by atoms with E-state index in [9.17, 15) is 5.11 Å². The molecule has 0 aromatic carbocycles. The van der Waals surface area contributed by atoms with E-state index < -0.39 is 5.60 Å². The summed E-state index contributed by atoms with van der Waals surface area (Å²) in [7, 11) is 0. The van der Waals surface area contributed by atoms with Crippen molar-refractivity contribution in [3.8, 4) is 0 Å². The first-order valence-corrected chi connectivity index (χ1v) is 11.0. The second-order valence-corrected chi connectivity index (χ2v) is 10.3. The molecule has 3 N–H and O–H groups in total. The molecule has 144 valence electrons. The van der Waals surface area contributed by atoms with E-state index in [1.54, 1.807) is 0 Å². The first kappa shape index (κ1) is 18.3. The molecule has 25 heavy (non-hydrogen) atoms. The third-order valence-electron chi connectivity index (χ3n) is 9.61. The van der Waals surface area contributed by atoms with Gasteiger partial charge in [-0.2, -0.15) is 0 Å². The van der Waals surface area contributed by atoms with E-state index in [1.165, 1.54) is 57.8 Å². The van der Waals surface area contributed by atoms with Crippen LogP contribution in [0.25, 0.3) is 0 Å². The molecule has 4 rings (SSSR count). The number of hydrogen-bond donors (Lipinski definition) is 3. The predicted molar refractivity (Wildman–Crippen MR) is 101 cm³/mol. The Kier molecular flexibility index (Phi) is 4.74. The van der Waals surface area contributed by atoms with Gasteiger partial charge >= 0.3 is 0 Å². The number of nitrogens with one attached hydrogen (secondary N) is 1. The van der Waals surface area contributed by atoms with Crippen LogP contribution in [0.5, 0.6) is 0 Å². The fraction of sp³-hybridized carbons (Fsp3) is 1.00. The lowest BCUT2D eigenvalue weighted by molar-refractivity contribution is -0.150. The highest BCUT2D eigenvalue weighted by Crippen LogP contribution is 2.68. The van der Waals surface area contributed by atoms with Gasteiger partial charge in [0.2, 0.25) is 0 Å². The molecule has 3 nitrogen and oxygen atoms in total. The number of rotatable bonds is 4. The molecule has 0 aliphatic heterocycles. The molecule has 0 amide bonds. The van der Waals surface area contributed by atoms with Crippen LogP contribution in [0.3, 0.4) is 0 Å². The van der Waals surface area contributed by atoms with E-state index in [2.05, 4.69) is 19.2 Å². The zero-order valence-corrected chi connectivity index (χ0v) is 16.4. The van der Waals surface area contributed by atoms with E-state index in [-0.39, 0.29) is 12.0 Å². The number of aliphatic hydroxyl groups is 2. The third kappa shape index (κ3) is 2.63.